The number of nitrogens with one attached hydrogen (secondary N) is 1. The number of amides is 1. The number of hydrogen-bond donors (Lipinski definition) is 2. The Balaban J connectivity index is 1.34. The van der Waals surface area contributed by atoms with E-state index >= 15 is 0 Å². The SMILES string of the molecule is Cc1noc(-c2ccc(O[C@H]3CCC[C@H](C(=O)O)C3)cn2)c1CNC(=O)OCc1cccc(Cl)c1. The number of carboxylic acid groups (broad SMARTS) is 1. The third-order valence-corrected chi connectivity index (χ3v) is 6.14. The van der Waals surface area contributed by atoms with E-state index in [-0.39, 0.29) is 25.2 Å². The lowest BCUT2D eigenvalue weighted by Crippen LogP contribution is -2.29. The van der Waals surface area contributed by atoms with Crippen LogP contribution in [0.5, 0.6) is 5.75 Å². The maximum Gasteiger partial charge on any atom is 0.407 e. The number of ether oxygens (including phenoxy) is 2. The molecule has 1 aromatic carbocycles. The standard InChI is InChI=1S/C25H26ClN3O6/c1-15-21(13-28-25(32)33-14-16-4-2-6-18(26)10-16)23(35-29-15)22-9-8-20(12-27-22)34-19-7-3-5-17(11-19)24(30)31/h2,4,6,8-10,12,17,19H,3,5,7,11,13-14H2,1H3,(H,28,32)(H,30,31)/t17-,19-/m0/s1. The highest BCUT2D eigenvalue weighted by atomic mass is 35.5. The van der Waals surface area contributed by atoms with Crippen LogP contribution in [0.1, 0.15) is 42.5 Å². The van der Waals surface area contributed by atoms with Gasteiger partial charge in [-0.3, -0.25) is 4.79 Å². The van der Waals surface area contributed by atoms with E-state index in [1.54, 1.807) is 43.5 Å². The number of carboxylic acids is 1. The average molecular weight is 500 g/mol. The van der Waals surface area contributed by atoms with Crippen molar-refractivity contribution in [1.29, 1.82) is 0 Å². The first kappa shape index (κ1) is 24.5. The minimum absolute atomic E-state index is 0.0963. The van der Waals surface area contributed by atoms with Gasteiger partial charge in [-0.05, 0) is 62.4 Å². The Labute approximate surface area is 207 Å². The Morgan fingerprint density at radius 1 is 1.26 bits per heavy atom. The molecule has 0 saturated heterocycles. The summed E-state index contributed by atoms with van der Waals surface area (Å²) in [6, 6.07) is 10.6. The summed E-state index contributed by atoms with van der Waals surface area (Å²) in [5.41, 5.74) is 2.63. The minimum Gasteiger partial charge on any atom is -0.489 e. The molecular formula is C25H26ClN3O6. The van der Waals surface area contributed by atoms with Gasteiger partial charge in [-0.2, -0.15) is 0 Å². The summed E-state index contributed by atoms with van der Waals surface area (Å²) in [6.45, 7) is 2.03. The Morgan fingerprint density at radius 2 is 2.11 bits per heavy atom. The van der Waals surface area contributed by atoms with Crippen molar-refractivity contribution in [2.24, 2.45) is 5.92 Å². The summed E-state index contributed by atoms with van der Waals surface area (Å²) in [6.07, 6.45) is 3.65. The van der Waals surface area contributed by atoms with Crippen molar-refractivity contribution in [3.05, 3.63) is 64.4 Å². The van der Waals surface area contributed by atoms with Crippen LogP contribution in [-0.2, 0) is 22.7 Å². The molecule has 1 amide bonds. The largest absolute Gasteiger partial charge is 0.489 e. The molecule has 9 nitrogen and oxygen atoms in total. The van der Waals surface area contributed by atoms with Gasteiger partial charge in [0.25, 0.3) is 0 Å². The number of halogens is 1. The number of aliphatic carboxylic acids is 1. The first-order valence-corrected chi connectivity index (χ1v) is 11.7. The van der Waals surface area contributed by atoms with Crippen LogP contribution in [-0.4, -0.2) is 33.4 Å². The quantitative estimate of drug-likeness (QED) is 0.436. The summed E-state index contributed by atoms with van der Waals surface area (Å²) in [5.74, 6) is -0.148. The Bertz CT molecular complexity index is 1180. The van der Waals surface area contributed by atoms with Crippen LogP contribution in [0.4, 0.5) is 4.79 Å². The molecule has 2 N–H and O–H groups in total. The zero-order valence-electron chi connectivity index (χ0n) is 19.2. The molecule has 35 heavy (non-hydrogen) atoms. The average Bonchev–Trinajstić information content (AvgIpc) is 3.22. The number of rotatable bonds is 8. The summed E-state index contributed by atoms with van der Waals surface area (Å²) in [7, 11) is 0. The predicted octanol–water partition coefficient (Wildman–Crippen LogP) is 5.15. The van der Waals surface area contributed by atoms with Crippen LogP contribution < -0.4 is 10.1 Å². The molecule has 4 rings (SSSR count). The van der Waals surface area contributed by atoms with Crippen molar-refractivity contribution >= 4 is 23.7 Å². The van der Waals surface area contributed by atoms with E-state index < -0.39 is 12.1 Å². The van der Waals surface area contributed by atoms with Gasteiger partial charge in [-0.15, -0.1) is 0 Å². The smallest absolute Gasteiger partial charge is 0.407 e. The number of pyridine rings is 1. The summed E-state index contributed by atoms with van der Waals surface area (Å²) in [4.78, 5) is 27.9. The minimum atomic E-state index is -0.776. The molecule has 1 aliphatic rings. The van der Waals surface area contributed by atoms with Crippen LogP contribution in [0.15, 0.2) is 47.1 Å². The van der Waals surface area contributed by atoms with E-state index in [0.717, 1.165) is 18.4 Å². The number of carbonyl (C=O) groups excluding carboxylic acids is 1. The Kier molecular flexibility index (Phi) is 7.87. The van der Waals surface area contributed by atoms with Gasteiger partial charge < -0.3 is 24.4 Å². The second-order valence-electron chi connectivity index (χ2n) is 8.46. The van der Waals surface area contributed by atoms with Gasteiger partial charge in [0.2, 0.25) is 0 Å². The molecule has 1 saturated carbocycles. The maximum atomic E-state index is 12.2. The van der Waals surface area contributed by atoms with Crippen LogP contribution >= 0.6 is 11.6 Å². The first-order valence-electron chi connectivity index (χ1n) is 11.3. The Hall–Kier alpha value is -3.59. The molecule has 184 valence electrons. The van der Waals surface area contributed by atoms with Crippen LogP contribution in [0, 0.1) is 12.8 Å². The molecule has 2 heterocycles. The van der Waals surface area contributed by atoms with E-state index in [1.165, 1.54) is 0 Å². The van der Waals surface area contributed by atoms with Gasteiger partial charge in [0.15, 0.2) is 5.76 Å². The van der Waals surface area contributed by atoms with Crippen molar-refractivity contribution in [1.82, 2.24) is 15.5 Å². The lowest BCUT2D eigenvalue weighted by molar-refractivity contribution is -0.143. The number of nitrogens with zero attached hydrogens (tertiary/aromatic N) is 2. The van der Waals surface area contributed by atoms with Crippen molar-refractivity contribution in [3.8, 4) is 17.2 Å². The highest BCUT2D eigenvalue weighted by Crippen LogP contribution is 2.30. The van der Waals surface area contributed by atoms with Gasteiger partial charge >= 0.3 is 12.1 Å². The molecule has 0 aliphatic heterocycles. The second kappa shape index (κ2) is 11.2. The van der Waals surface area contributed by atoms with Crippen molar-refractivity contribution in [2.75, 3.05) is 0 Å². The van der Waals surface area contributed by atoms with Gasteiger partial charge in [0.05, 0.1) is 30.5 Å². The number of carbonyl (C=O) groups is 2. The normalized spacial score (nSPS) is 17.5. The van der Waals surface area contributed by atoms with E-state index in [4.69, 9.17) is 25.6 Å². The molecule has 1 fully saturated rings. The fourth-order valence-electron chi connectivity index (χ4n) is 4.04. The van der Waals surface area contributed by atoms with Crippen molar-refractivity contribution in [2.45, 2.75) is 51.9 Å². The maximum absolute atomic E-state index is 12.2. The predicted molar refractivity (Wildman–Crippen MR) is 127 cm³/mol. The summed E-state index contributed by atoms with van der Waals surface area (Å²) in [5, 5.41) is 16.5. The fourth-order valence-corrected chi connectivity index (χ4v) is 4.25. The van der Waals surface area contributed by atoms with E-state index in [9.17, 15) is 14.7 Å². The van der Waals surface area contributed by atoms with Crippen LogP contribution in [0.2, 0.25) is 5.02 Å². The van der Waals surface area contributed by atoms with Gasteiger partial charge in [-0.25, -0.2) is 9.78 Å². The number of benzene rings is 1. The number of aromatic nitrogens is 2. The molecule has 0 unspecified atom stereocenters. The first-order chi connectivity index (χ1) is 16.9. The number of alkyl carbamates (subject to hydrolysis) is 1. The molecule has 3 aromatic rings. The van der Waals surface area contributed by atoms with Crippen molar-refractivity contribution in [3.63, 3.8) is 0 Å². The molecule has 0 radical (unpaired) electrons. The second-order valence-corrected chi connectivity index (χ2v) is 8.89. The monoisotopic (exact) mass is 499 g/mol. The molecular weight excluding hydrogens is 474 g/mol. The lowest BCUT2D eigenvalue weighted by atomic mass is 9.87. The summed E-state index contributed by atoms with van der Waals surface area (Å²) < 4.78 is 16.7. The van der Waals surface area contributed by atoms with Crippen LogP contribution in [0.3, 0.4) is 0 Å². The summed E-state index contributed by atoms with van der Waals surface area (Å²) >= 11 is 5.95. The molecule has 2 atom stereocenters. The molecule has 1 aliphatic carbocycles. The van der Waals surface area contributed by atoms with Crippen LogP contribution in [0.25, 0.3) is 11.5 Å². The molecule has 0 spiro atoms. The lowest BCUT2D eigenvalue weighted by Gasteiger charge is -2.27. The topological polar surface area (TPSA) is 124 Å². The van der Waals surface area contributed by atoms with Crippen molar-refractivity contribution < 1.29 is 28.7 Å². The van der Waals surface area contributed by atoms with E-state index in [0.29, 0.717) is 46.3 Å². The molecule has 0 bridgehead atoms. The molecule has 2 aromatic heterocycles. The highest BCUT2D eigenvalue weighted by molar-refractivity contribution is 6.30. The van der Waals surface area contributed by atoms with Gasteiger partial charge in [0, 0.05) is 10.6 Å². The van der Waals surface area contributed by atoms with Gasteiger partial charge in [0.1, 0.15) is 18.1 Å². The fraction of sp³-hybridized carbons (Fsp3) is 0.360. The zero-order chi connectivity index (χ0) is 24.8. The van der Waals surface area contributed by atoms with Gasteiger partial charge in [-0.1, -0.05) is 28.9 Å². The third kappa shape index (κ3) is 6.51. The highest BCUT2D eigenvalue weighted by Gasteiger charge is 2.28. The number of hydrogen-bond acceptors (Lipinski definition) is 7. The Morgan fingerprint density at radius 3 is 2.86 bits per heavy atom. The van der Waals surface area contributed by atoms with E-state index in [1.807, 2.05) is 6.07 Å². The third-order valence-electron chi connectivity index (χ3n) is 5.90. The van der Waals surface area contributed by atoms with E-state index in [2.05, 4.69) is 15.5 Å². The molecule has 10 heteroatoms. The zero-order valence-corrected chi connectivity index (χ0v) is 20.0. The number of aryl methyl sites for hydroxylation is 1.